The van der Waals surface area contributed by atoms with Crippen molar-refractivity contribution >= 4 is 17.6 Å². The SMILES string of the molecule is CCCC(C(=O)OCC)c1ccc(Cl)cc1. The number of hydrogen-bond donors (Lipinski definition) is 0. The van der Waals surface area contributed by atoms with Crippen LogP contribution in [0.1, 0.15) is 38.2 Å². The molecule has 1 unspecified atom stereocenters. The van der Waals surface area contributed by atoms with Gasteiger partial charge in [-0.25, -0.2) is 0 Å². The summed E-state index contributed by atoms with van der Waals surface area (Å²) in [4.78, 5) is 11.8. The van der Waals surface area contributed by atoms with Crippen LogP contribution in [0.15, 0.2) is 24.3 Å². The molecule has 0 spiro atoms. The standard InChI is InChI=1S/C13H17ClO2/c1-3-5-12(13(15)16-4-2)10-6-8-11(14)9-7-10/h6-9,12H,3-5H2,1-2H3. The van der Waals surface area contributed by atoms with Gasteiger partial charge in [0, 0.05) is 5.02 Å². The highest BCUT2D eigenvalue weighted by molar-refractivity contribution is 6.30. The quantitative estimate of drug-likeness (QED) is 0.732. The summed E-state index contributed by atoms with van der Waals surface area (Å²) in [5, 5.41) is 0.683. The van der Waals surface area contributed by atoms with Crippen LogP contribution in [0.4, 0.5) is 0 Å². The number of esters is 1. The minimum atomic E-state index is -0.165. The van der Waals surface area contributed by atoms with Gasteiger partial charge in [-0.1, -0.05) is 37.1 Å². The summed E-state index contributed by atoms with van der Waals surface area (Å²) in [5.41, 5.74) is 0.977. The monoisotopic (exact) mass is 240 g/mol. The molecular weight excluding hydrogens is 224 g/mol. The van der Waals surface area contributed by atoms with Crippen LogP contribution in [0.25, 0.3) is 0 Å². The van der Waals surface area contributed by atoms with Gasteiger partial charge in [-0.05, 0) is 31.0 Å². The molecule has 0 aliphatic heterocycles. The fraction of sp³-hybridized carbons (Fsp3) is 0.462. The summed E-state index contributed by atoms with van der Waals surface area (Å²) in [6, 6.07) is 7.39. The summed E-state index contributed by atoms with van der Waals surface area (Å²) in [5.74, 6) is -0.311. The van der Waals surface area contributed by atoms with Crippen molar-refractivity contribution in [3.05, 3.63) is 34.9 Å². The van der Waals surface area contributed by atoms with Crippen LogP contribution in [0.5, 0.6) is 0 Å². The minimum absolute atomic E-state index is 0.147. The van der Waals surface area contributed by atoms with Gasteiger partial charge in [0.25, 0.3) is 0 Å². The molecule has 0 aromatic heterocycles. The van der Waals surface area contributed by atoms with Gasteiger partial charge >= 0.3 is 5.97 Å². The number of hydrogen-bond acceptors (Lipinski definition) is 2. The van der Waals surface area contributed by atoms with Gasteiger partial charge in [0.05, 0.1) is 12.5 Å². The molecule has 0 N–H and O–H groups in total. The molecule has 0 saturated heterocycles. The fourth-order valence-electron chi connectivity index (χ4n) is 1.65. The molecule has 0 saturated carbocycles. The molecule has 0 heterocycles. The van der Waals surface area contributed by atoms with E-state index >= 15 is 0 Å². The summed E-state index contributed by atoms with van der Waals surface area (Å²) in [6.45, 7) is 4.30. The maximum absolute atomic E-state index is 11.8. The number of rotatable bonds is 5. The Morgan fingerprint density at radius 2 is 1.94 bits per heavy atom. The zero-order valence-electron chi connectivity index (χ0n) is 9.70. The second kappa shape index (κ2) is 6.54. The Morgan fingerprint density at radius 1 is 1.31 bits per heavy atom. The molecule has 1 rings (SSSR count). The van der Waals surface area contributed by atoms with E-state index in [9.17, 15) is 4.79 Å². The molecule has 16 heavy (non-hydrogen) atoms. The van der Waals surface area contributed by atoms with Gasteiger partial charge in [0.15, 0.2) is 0 Å². The third kappa shape index (κ3) is 3.53. The average molecular weight is 241 g/mol. The molecule has 1 aromatic rings. The Labute approximate surface area is 102 Å². The van der Waals surface area contributed by atoms with Crippen molar-refractivity contribution in [2.75, 3.05) is 6.61 Å². The predicted molar refractivity (Wildman–Crippen MR) is 65.7 cm³/mol. The Morgan fingerprint density at radius 3 is 2.44 bits per heavy atom. The van der Waals surface area contributed by atoms with E-state index in [2.05, 4.69) is 6.92 Å². The van der Waals surface area contributed by atoms with Crippen LogP contribution in [-0.2, 0) is 9.53 Å². The maximum Gasteiger partial charge on any atom is 0.313 e. The van der Waals surface area contributed by atoms with Crippen molar-refractivity contribution in [1.82, 2.24) is 0 Å². The molecule has 1 aromatic carbocycles. The van der Waals surface area contributed by atoms with Gasteiger partial charge in [0.2, 0.25) is 0 Å². The number of ether oxygens (including phenoxy) is 1. The minimum Gasteiger partial charge on any atom is -0.466 e. The summed E-state index contributed by atoms with van der Waals surface area (Å²) < 4.78 is 5.07. The van der Waals surface area contributed by atoms with E-state index in [1.54, 1.807) is 12.1 Å². The van der Waals surface area contributed by atoms with Crippen LogP contribution in [0, 0.1) is 0 Å². The van der Waals surface area contributed by atoms with Gasteiger partial charge in [-0.15, -0.1) is 0 Å². The molecule has 0 fully saturated rings. The third-order valence-electron chi connectivity index (χ3n) is 2.42. The van der Waals surface area contributed by atoms with Gasteiger partial charge in [-0.3, -0.25) is 4.79 Å². The summed E-state index contributed by atoms with van der Waals surface area (Å²) in [7, 11) is 0. The van der Waals surface area contributed by atoms with Gasteiger partial charge < -0.3 is 4.74 Å². The lowest BCUT2D eigenvalue weighted by Crippen LogP contribution is -2.15. The van der Waals surface area contributed by atoms with Gasteiger partial charge in [0.1, 0.15) is 0 Å². The number of halogens is 1. The lowest BCUT2D eigenvalue weighted by atomic mass is 9.95. The van der Waals surface area contributed by atoms with E-state index in [0.717, 1.165) is 18.4 Å². The maximum atomic E-state index is 11.8. The molecule has 3 heteroatoms. The first-order valence-electron chi connectivity index (χ1n) is 5.61. The van der Waals surface area contributed by atoms with Crippen LogP contribution >= 0.6 is 11.6 Å². The van der Waals surface area contributed by atoms with Crippen molar-refractivity contribution < 1.29 is 9.53 Å². The first kappa shape index (κ1) is 13.0. The molecule has 88 valence electrons. The van der Waals surface area contributed by atoms with Crippen molar-refractivity contribution in [1.29, 1.82) is 0 Å². The van der Waals surface area contributed by atoms with Crippen molar-refractivity contribution in [2.45, 2.75) is 32.6 Å². The normalized spacial score (nSPS) is 12.2. The second-order valence-electron chi connectivity index (χ2n) is 3.64. The third-order valence-corrected chi connectivity index (χ3v) is 2.67. The van der Waals surface area contributed by atoms with Crippen LogP contribution in [-0.4, -0.2) is 12.6 Å². The van der Waals surface area contributed by atoms with Crippen molar-refractivity contribution in [3.63, 3.8) is 0 Å². The Bertz CT molecular complexity index is 332. The lowest BCUT2D eigenvalue weighted by molar-refractivity contribution is -0.145. The fourth-order valence-corrected chi connectivity index (χ4v) is 1.77. The highest BCUT2D eigenvalue weighted by Crippen LogP contribution is 2.24. The number of carbonyl (C=O) groups excluding carboxylic acids is 1. The van der Waals surface area contributed by atoms with Crippen molar-refractivity contribution in [3.8, 4) is 0 Å². The Hall–Kier alpha value is -1.02. The number of carbonyl (C=O) groups is 1. The number of benzene rings is 1. The van der Waals surface area contributed by atoms with Crippen LogP contribution in [0.3, 0.4) is 0 Å². The van der Waals surface area contributed by atoms with E-state index in [1.165, 1.54) is 0 Å². The molecule has 0 bridgehead atoms. The second-order valence-corrected chi connectivity index (χ2v) is 4.08. The molecule has 0 radical (unpaired) electrons. The molecule has 0 aliphatic carbocycles. The zero-order valence-corrected chi connectivity index (χ0v) is 10.5. The lowest BCUT2D eigenvalue weighted by Gasteiger charge is -2.15. The molecular formula is C13H17ClO2. The summed E-state index contributed by atoms with van der Waals surface area (Å²) in [6.07, 6.45) is 1.76. The smallest absolute Gasteiger partial charge is 0.313 e. The van der Waals surface area contributed by atoms with Crippen LogP contribution < -0.4 is 0 Å². The van der Waals surface area contributed by atoms with E-state index in [-0.39, 0.29) is 11.9 Å². The largest absolute Gasteiger partial charge is 0.466 e. The molecule has 0 amide bonds. The first-order chi connectivity index (χ1) is 7.69. The topological polar surface area (TPSA) is 26.3 Å². The summed E-state index contributed by atoms with van der Waals surface area (Å²) >= 11 is 5.82. The average Bonchev–Trinajstić information content (AvgIpc) is 2.28. The molecule has 1 atom stereocenters. The van der Waals surface area contributed by atoms with Gasteiger partial charge in [-0.2, -0.15) is 0 Å². The predicted octanol–water partition coefficient (Wildman–Crippen LogP) is 3.79. The molecule has 2 nitrogen and oxygen atoms in total. The first-order valence-corrected chi connectivity index (χ1v) is 5.99. The zero-order chi connectivity index (χ0) is 12.0. The van der Waals surface area contributed by atoms with E-state index in [1.807, 2.05) is 19.1 Å². The Kier molecular flexibility index (Phi) is 5.33. The highest BCUT2D eigenvalue weighted by atomic mass is 35.5. The van der Waals surface area contributed by atoms with Crippen LogP contribution in [0.2, 0.25) is 5.02 Å². The van der Waals surface area contributed by atoms with E-state index < -0.39 is 0 Å². The van der Waals surface area contributed by atoms with E-state index in [0.29, 0.717) is 11.6 Å². The van der Waals surface area contributed by atoms with E-state index in [4.69, 9.17) is 16.3 Å². The highest BCUT2D eigenvalue weighted by Gasteiger charge is 2.20. The molecule has 0 aliphatic rings. The van der Waals surface area contributed by atoms with Crippen molar-refractivity contribution in [2.24, 2.45) is 0 Å². The Balaban J connectivity index is 2.84.